The van der Waals surface area contributed by atoms with E-state index < -0.39 is 0 Å². The van der Waals surface area contributed by atoms with Crippen molar-refractivity contribution >= 4 is 17.2 Å². The highest BCUT2D eigenvalue weighted by atomic mass is 15.3. The van der Waals surface area contributed by atoms with Gasteiger partial charge in [-0.2, -0.15) is 0 Å². The SMILES string of the molecule is Cc1cccc(N2CCN(c3nccn4cnnc34)CC2)c1C. The fraction of sp³-hybridized carbons (Fsp3) is 0.353. The van der Waals surface area contributed by atoms with Gasteiger partial charge < -0.3 is 9.80 Å². The zero-order valence-corrected chi connectivity index (χ0v) is 13.5. The molecule has 0 N–H and O–H groups in total. The highest BCUT2D eigenvalue weighted by Gasteiger charge is 2.21. The predicted octanol–water partition coefficient (Wildman–Crippen LogP) is 2.07. The summed E-state index contributed by atoms with van der Waals surface area (Å²) < 4.78 is 1.92. The van der Waals surface area contributed by atoms with Gasteiger partial charge in [0.15, 0.2) is 5.82 Å². The molecule has 6 heteroatoms. The number of benzene rings is 1. The van der Waals surface area contributed by atoms with Gasteiger partial charge in [-0.3, -0.25) is 4.40 Å². The van der Waals surface area contributed by atoms with Crippen molar-refractivity contribution in [1.29, 1.82) is 0 Å². The van der Waals surface area contributed by atoms with Crippen LogP contribution in [-0.4, -0.2) is 45.8 Å². The van der Waals surface area contributed by atoms with Crippen molar-refractivity contribution in [2.45, 2.75) is 13.8 Å². The van der Waals surface area contributed by atoms with E-state index in [9.17, 15) is 0 Å². The van der Waals surface area contributed by atoms with Crippen LogP contribution in [0.5, 0.6) is 0 Å². The predicted molar refractivity (Wildman–Crippen MR) is 91.1 cm³/mol. The van der Waals surface area contributed by atoms with Gasteiger partial charge in [-0.25, -0.2) is 4.98 Å². The molecule has 6 nitrogen and oxygen atoms in total. The average molecular weight is 308 g/mol. The van der Waals surface area contributed by atoms with Gasteiger partial charge in [0.05, 0.1) is 0 Å². The molecule has 1 fully saturated rings. The molecule has 0 atom stereocenters. The van der Waals surface area contributed by atoms with Crippen molar-refractivity contribution in [1.82, 2.24) is 19.6 Å². The molecule has 1 aliphatic rings. The van der Waals surface area contributed by atoms with Crippen molar-refractivity contribution < 1.29 is 0 Å². The van der Waals surface area contributed by atoms with Gasteiger partial charge in [-0.05, 0) is 31.0 Å². The largest absolute Gasteiger partial charge is 0.368 e. The molecule has 0 amide bonds. The quantitative estimate of drug-likeness (QED) is 0.725. The monoisotopic (exact) mass is 308 g/mol. The molecule has 0 unspecified atom stereocenters. The summed E-state index contributed by atoms with van der Waals surface area (Å²) in [6.45, 7) is 8.22. The Balaban J connectivity index is 1.55. The summed E-state index contributed by atoms with van der Waals surface area (Å²) in [7, 11) is 0. The summed E-state index contributed by atoms with van der Waals surface area (Å²) in [5.74, 6) is 0.922. The van der Waals surface area contributed by atoms with Crippen LogP contribution in [0.4, 0.5) is 11.5 Å². The maximum absolute atomic E-state index is 4.52. The first-order valence-electron chi connectivity index (χ1n) is 7.94. The maximum atomic E-state index is 4.52. The first-order chi connectivity index (χ1) is 11.2. The standard InChI is InChI=1S/C17H20N6/c1-13-4-3-5-15(14(13)2)21-8-10-22(11-9-21)16-17-20-19-12-23(17)7-6-18-16/h3-7,12H,8-11H2,1-2H3. The molecule has 1 aromatic carbocycles. The van der Waals surface area contributed by atoms with E-state index in [0.29, 0.717) is 0 Å². The number of nitrogens with zero attached hydrogens (tertiary/aromatic N) is 6. The van der Waals surface area contributed by atoms with Gasteiger partial charge in [0.1, 0.15) is 6.33 Å². The molecule has 0 spiro atoms. The molecule has 2 aromatic heterocycles. The third kappa shape index (κ3) is 2.40. The van der Waals surface area contributed by atoms with Crippen molar-refractivity contribution in [2.75, 3.05) is 36.0 Å². The van der Waals surface area contributed by atoms with Crippen LogP contribution < -0.4 is 9.80 Å². The van der Waals surface area contributed by atoms with E-state index in [1.807, 2.05) is 16.8 Å². The summed E-state index contributed by atoms with van der Waals surface area (Å²) in [4.78, 5) is 9.27. The van der Waals surface area contributed by atoms with Crippen molar-refractivity contribution in [2.24, 2.45) is 0 Å². The van der Waals surface area contributed by atoms with E-state index in [0.717, 1.165) is 37.6 Å². The number of hydrogen-bond donors (Lipinski definition) is 0. The van der Waals surface area contributed by atoms with Crippen LogP contribution in [0.15, 0.2) is 36.9 Å². The topological polar surface area (TPSA) is 49.6 Å². The van der Waals surface area contributed by atoms with Gasteiger partial charge in [0.2, 0.25) is 5.65 Å². The Morgan fingerprint density at radius 3 is 2.61 bits per heavy atom. The molecule has 3 heterocycles. The number of rotatable bonds is 2. The van der Waals surface area contributed by atoms with Gasteiger partial charge in [-0.1, -0.05) is 12.1 Å². The zero-order chi connectivity index (χ0) is 15.8. The Kier molecular flexibility index (Phi) is 3.37. The highest BCUT2D eigenvalue weighted by Crippen LogP contribution is 2.25. The van der Waals surface area contributed by atoms with Crippen LogP contribution >= 0.6 is 0 Å². The van der Waals surface area contributed by atoms with E-state index in [1.54, 1.807) is 6.33 Å². The Bertz CT molecular complexity index is 832. The molecular formula is C17H20N6. The molecule has 0 radical (unpaired) electrons. The van der Waals surface area contributed by atoms with Crippen molar-refractivity contribution in [3.63, 3.8) is 0 Å². The van der Waals surface area contributed by atoms with Crippen molar-refractivity contribution in [3.05, 3.63) is 48.0 Å². The van der Waals surface area contributed by atoms with Gasteiger partial charge in [0.25, 0.3) is 0 Å². The molecule has 0 saturated carbocycles. The summed E-state index contributed by atoms with van der Waals surface area (Å²) in [5.41, 5.74) is 4.89. The minimum absolute atomic E-state index is 0.827. The van der Waals surface area contributed by atoms with Crippen LogP contribution in [0.1, 0.15) is 11.1 Å². The third-order valence-corrected chi connectivity index (χ3v) is 4.69. The first-order valence-corrected chi connectivity index (χ1v) is 7.94. The van der Waals surface area contributed by atoms with E-state index in [2.05, 4.69) is 57.0 Å². The zero-order valence-electron chi connectivity index (χ0n) is 13.5. The van der Waals surface area contributed by atoms with E-state index in [1.165, 1.54) is 16.8 Å². The average Bonchev–Trinajstić information content (AvgIpc) is 3.06. The molecule has 3 aromatic rings. The Hall–Kier alpha value is -2.63. The normalized spacial score (nSPS) is 15.4. The molecule has 118 valence electrons. The lowest BCUT2D eigenvalue weighted by Gasteiger charge is -2.37. The van der Waals surface area contributed by atoms with Crippen LogP contribution in [-0.2, 0) is 0 Å². The lowest BCUT2D eigenvalue weighted by Crippen LogP contribution is -2.47. The molecule has 0 aliphatic carbocycles. The maximum Gasteiger partial charge on any atom is 0.203 e. The summed E-state index contributed by atoms with van der Waals surface area (Å²) in [6, 6.07) is 6.53. The molecule has 1 saturated heterocycles. The van der Waals surface area contributed by atoms with Crippen LogP contribution in [0.3, 0.4) is 0 Å². The smallest absolute Gasteiger partial charge is 0.203 e. The lowest BCUT2D eigenvalue weighted by molar-refractivity contribution is 0.646. The van der Waals surface area contributed by atoms with Gasteiger partial charge in [-0.15, -0.1) is 10.2 Å². The van der Waals surface area contributed by atoms with Crippen LogP contribution in [0, 0.1) is 13.8 Å². The fourth-order valence-electron chi connectivity index (χ4n) is 3.21. The number of aromatic nitrogens is 4. The Morgan fingerprint density at radius 1 is 1.00 bits per heavy atom. The summed E-state index contributed by atoms with van der Waals surface area (Å²) in [6.07, 6.45) is 5.40. The first kappa shape index (κ1) is 14.0. The lowest BCUT2D eigenvalue weighted by atomic mass is 10.1. The third-order valence-electron chi connectivity index (χ3n) is 4.69. The molecule has 0 bridgehead atoms. The number of anilines is 2. The minimum Gasteiger partial charge on any atom is -0.368 e. The second-order valence-corrected chi connectivity index (χ2v) is 6.01. The van der Waals surface area contributed by atoms with E-state index in [4.69, 9.17) is 0 Å². The van der Waals surface area contributed by atoms with Crippen LogP contribution in [0.25, 0.3) is 5.65 Å². The fourth-order valence-corrected chi connectivity index (χ4v) is 3.21. The number of aryl methyl sites for hydroxylation is 1. The van der Waals surface area contributed by atoms with E-state index >= 15 is 0 Å². The second kappa shape index (κ2) is 5.53. The minimum atomic E-state index is 0.827. The molecule has 1 aliphatic heterocycles. The van der Waals surface area contributed by atoms with Gasteiger partial charge >= 0.3 is 0 Å². The van der Waals surface area contributed by atoms with Gasteiger partial charge in [0, 0.05) is 44.3 Å². The number of fused-ring (bicyclic) bond motifs is 1. The molecule has 23 heavy (non-hydrogen) atoms. The van der Waals surface area contributed by atoms with E-state index in [-0.39, 0.29) is 0 Å². The second-order valence-electron chi connectivity index (χ2n) is 6.01. The number of piperazine rings is 1. The van der Waals surface area contributed by atoms with Crippen LogP contribution in [0.2, 0.25) is 0 Å². The Labute approximate surface area is 135 Å². The molecule has 4 rings (SSSR count). The number of hydrogen-bond acceptors (Lipinski definition) is 5. The van der Waals surface area contributed by atoms with Crippen molar-refractivity contribution in [3.8, 4) is 0 Å². The summed E-state index contributed by atoms with van der Waals surface area (Å²) >= 11 is 0. The molecular weight excluding hydrogens is 288 g/mol. The summed E-state index contributed by atoms with van der Waals surface area (Å²) in [5, 5.41) is 8.17. The highest BCUT2D eigenvalue weighted by molar-refractivity contribution is 5.64. The Morgan fingerprint density at radius 2 is 1.78 bits per heavy atom.